The molecule has 0 atom stereocenters. The normalized spacial score (nSPS) is 19.0. The maximum Gasteiger partial charge on any atom is 0.200 e. The van der Waals surface area contributed by atoms with Gasteiger partial charge in [-0.25, -0.2) is 8.78 Å². The van der Waals surface area contributed by atoms with Gasteiger partial charge in [-0.2, -0.15) is 4.39 Å². The van der Waals surface area contributed by atoms with E-state index in [0.29, 0.717) is 11.1 Å². The van der Waals surface area contributed by atoms with Crippen LogP contribution in [0.1, 0.15) is 55.2 Å². The number of rotatable bonds is 4. The Hall–Kier alpha value is -2.45. The molecule has 0 heterocycles. The quantitative estimate of drug-likeness (QED) is 0.719. The SMILES string of the molecule is CCOc1ccc(C2CCC(C#Cc3ccc(CO)c(F)c3)CC2)c(F)c1F. The highest BCUT2D eigenvalue weighted by molar-refractivity contribution is 5.38. The van der Waals surface area contributed by atoms with E-state index in [1.807, 2.05) is 0 Å². The maximum atomic E-state index is 14.4. The lowest BCUT2D eigenvalue weighted by molar-refractivity contribution is 0.275. The van der Waals surface area contributed by atoms with Crippen molar-refractivity contribution in [3.05, 3.63) is 64.5 Å². The Morgan fingerprint density at radius 3 is 2.43 bits per heavy atom. The van der Waals surface area contributed by atoms with Crippen LogP contribution in [-0.2, 0) is 6.61 Å². The predicted molar refractivity (Wildman–Crippen MR) is 101 cm³/mol. The van der Waals surface area contributed by atoms with E-state index in [4.69, 9.17) is 9.84 Å². The Morgan fingerprint density at radius 2 is 1.79 bits per heavy atom. The highest BCUT2D eigenvalue weighted by Gasteiger charge is 2.26. The summed E-state index contributed by atoms with van der Waals surface area (Å²) in [6.45, 7) is 1.67. The molecular weight excluding hydrogens is 365 g/mol. The molecule has 3 rings (SSSR count). The number of aliphatic hydroxyl groups is 1. The number of aliphatic hydroxyl groups excluding tert-OH is 1. The summed E-state index contributed by atoms with van der Waals surface area (Å²) in [4.78, 5) is 0. The molecule has 0 saturated heterocycles. The number of hydrogen-bond donors (Lipinski definition) is 1. The highest BCUT2D eigenvalue weighted by atomic mass is 19.2. The third-order valence-electron chi connectivity index (χ3n) is 5.19. The second-order valence-corrected chi connectivity index (χ2v) is 7.00. The molecule has 1 saturated carbocycles. The first-order chi connectivity index (χ1) is 13.5. The first-order valence-corrected chi connectivity index (χ1v) is 9.55. The van der Waals surface area contributed by atoms with Crippen LogP contribution in [0.4, 0.5) is 13.2 Å². The lowest BCUT2D eigenvalue weighted by atomic mass is 9.78. The van der Waals surface area contributed by atoms with Gasteiger partial charge in [0.2, 0.25) is 5.82 Å². The summed E-state index contributed by atoms with van der Waals surface area (Å²) in [7, 11) is 0. The Balaban J connectivity index is 1.64. The Labute approximate surface area is 163 Å². The Bertz CT molecular complexity index is 891. The van der Waals surface area contributed by atoms with Crippen LogP contribution < -0.4 is 4.74 Å². The van der Waals surface area contributed by atoms with Gasteiger partial charge in [0.05, 0.1) is 13.2 Å². The van der Waals surface area contributed by atoms with Crippen molar-refractivity contribution in [2.45, 2.75) is 45.1 Å². The molecular formula is C23H23F3O2. The van der Waals surface area contributed by atoms with Crippen LogP contribution in [0.25, 0.3) is 0 Å². The second-order valence-electron chi connectivity index (χ2n) is 7.00. The van der Waals surface area contributed by atoms with E-state index in [9.17, 15) is 13.2 Å². The smallest absolute Gasteiger partial charge is 0.200 e. The summed E-state index contributed by atoms with van der Waals surface area (Å²) in [5.41, 5.74) is 1.21. The minimum atomic E-state index is -0.922. The zero-order chi connectivity index (χ0) is 20.1. The van der Waals surface area contributed by atoms with Crippen LogP contribution in [0.3, 0.4) is 0 Å². The summed E-state index contributed by atoms with van der Waals surface area (Å²) in [6.07, 6.45) is 3.01. The fourth-order valence-corrected chi connectivity index (χ4v) is 3.62. The number of benzene rings is 2. The first-order valence-electron chi connectivity index (χ1n) is 9.55. The molecule has 1 aliphatic carbocycles. The van der Waals surface area contributed by atoms with Crippen molar-refractivity contribution >= 4 is 0 Å². The number of halogens is 3. The molecule has 0 spiro atoms. The summed E-state index contributed by atoms with van der Waals surface area (Å²) in [6, 6.07) is 7.65. The van der Waals surface area contributed by atoms with Gasteiger partial charge in [-0.3, -0.25) is 0 Å². The average molecular weight is 388 g/mol. The van der Waals surface area contributed by atoms with E-state index in [-0.39, 0.29) is 36.4 Å². The fourth-order valence-electron chi connectivity index (χ4n) is 3.62. The summed E-state index contributed by atoms with van der Waals surface area (Å²) < 4.78 is 47.3. The van der Waals surface area contributed by atoms with Gasteiger partial charge in [-0.1, -0.05) is 24.0 Å². The molecule has 148 valence electrons. The van der Waals surface area contributed by atoms with Gasteiger partial charge in [0.1, 0.15) is 5.82 Å². The zero-order valence-electron chi connectivity index (χ0n) is 15.8. The van der Waals surface area contributed by atoms with Gasteiger partial charge >= 0.3 is 0 Å². The van der Waals surface area contributed by atoms with Gasteiger partial charge in [0.15, 0.2) is 11.6 Å². The summed E-state index contributed by atoms with van der Waals surface area (Å²) in [5, 5.41) is 9.01. The van der Waals surface area contributed by atoms with Gasteiger partial charge in [-0.05, 0) is 62.3 Å². The molecule has 0 aliphatic heterocycles. The van der Waals surface area contributed by atoms with E-state index < -0.39 is 17.5 Å². The molecule has 0 unspecified atom stereocenters. The topological polar surface area (TPSA) is 29.5 Å². The Kier molecular flexibility index (Phi) is 6.64. The zero-order valence-corrected chi connectivity index (χ0v) is 15.8. The second kappa shape index (κ2) is 9.16. The minimum absolute atomic E-state index is 0.0375. The van der Waals surface area contributed by atoms with Crippen molar-refractivity contribution in [2.24, 2.45) is 5.92 Å². The van der Waals surface area contributed by atoms with E-state index in [0.717, 1.165) is 25.7 Å². The van der Waals surface area contributed by atoms with E-state index in [1.54, 1.807) is 19.1 Å². The van der Waals surface area contributed by atoms with E-state index >= 15 is 0 Å². The molecule has 2 aromatic carbocycles. The third kappa shape index (κ3) is 4.51. The molecule has 2 nitrogen and oxygen atoms in total. The summed E-state index contributed by atoms with van der Waals surface area (Å²) in [5.74, 6) is 3.99. The summed E-state index contributed by atoms with van der Waals surface area (Å²) >= 11 is 0. The molecule has 0 bridgehead atoms. The van der Waals surface area contributed by atoms with Crippen molar-refractivity contribution in [3.8, 4) is 17.6 Å². The van der Waals surface area contributed by atoms with Crippen molar-refractivity contribution in [2.75, 3.05) is 6.61 Å². The Morgan fingerprint density at radius 1 is 1.04 bits per heavy atom. The molecule has 1 fully saturated rings. The molecule has 1 N–H and O–H groups in total. The first kappa shape index (κ1) is 20.3. The van der Waals surface area contributed by atoms with Crippen LogP contribution in [0.5, 0.6) is 5.75 Å². The van der Waals surface area contributed by atoms with Crippen LogP contribution in [0.2, 0.25) is 0 Å². The standard InChI is InChI=1S/C23H23F3O2/c1-2-28-21-12-11-19(22(25)23(21)26)17-8-5-15(6-9-17)3-4-16-7-10-18(14-27)20(24)13-16/h7,10-13,15,17,27H,2,5-6,8-9,14H2,1H3. The van der Waals surface area contributed by atoms with Gasteiger partial charge in [-0.15, -0.1) is 0 Å². The minimum Gasteiger partial charge on any atom is -0.491 e. The van der Waals surface area contributed by atoms with Crippen molar-refractivity contribution in [1.29, 1.82) is 0 Å². The molecule has 0 amide bonds. The van der Waals surface area contributed by atoms with Crippen LogP contribution in [0.15, 0.2) is 30.3 Å². The predicted octanol–water partition coefficient (Wildman–Crippen LogP) is 5.32. The highest BCUT2D eigenvalue weighted by Crippen LogP contribution is 2.38. The average Bonchev–Trinajstić information content (AvgIpc) is 2.71. The van der Waals surface area contributed by atoms with Gasteiger partial charge in [0, 0.05) is 17.0 Å². The molecule has 28 heavy (non-hydrogen) atoms. The van der Waals surface area contributed by atoms with Crippen LogP contribution in [0, 0.1) is 35.2 Å². The molecule has 0 radical (unpaired) electrons. The fraction of sp³-hybridized carbons (Fsp3) is 0.391. The molecule has 2 aromatic rings. The van der Waals surface area contributed by atoms with Crippen molar-refractivity contribution in [3.63, 3.8) is 0 Å². The van der Waals surface area contributed by atoms with E-state index in [2.05, 4.69) is 11.8 Å². The maximum absolute atomic E-state index is 14.4. The lowest BCUT2D eigenvalue weighted by Crippen LogP contribution is -2.14. The lowest BCUT2D eigenvalue weighted by Gasteiger charge is -2.26. The number of hydrogen-bond acceptors (Lipinski definition) is 2. The van der Waals surface area contributed by atoms with Crippen LogP contribution in [-0.4, -0.2) is 11.7 Å². The van der Waals surface area contributed by atoms with Crippen molar-refractivity contribution < 1.29 is 23.0 Å². The van der Waals surface area contributed by atoms with Gasteiger partial charge < -0.3 is 9.84 Å². The largest absolute Gasteiger partial charge is 0.491 e. The monoisotopic (exact) mass is 388 g/mol. The van der Waals surface area contributed by atoms with E-state index in [1.165, 1.54) is 18.2 Å². The van der Waals surface area contributed by atoms with Crippen molar-refractivity contribution in [1.82, 2.24) is 0 Å². The molecule has 5 heteroatoms. The molecule has 0 aromatic heterocycles. The van der Waals surface area contributed by atoms with Gasteiger partial charge in [0.25, 0.3) is 0 Å². The van der Waals surface area contributed by atoms with Crippen LogP contribution >= 0.6 is 0 Å². The molecule has 1 aliphatic rings. The third-order valence-corrected chi connectivity index (χ3v) is 5.19. The number of ether oxygens (including phenoxy) is 1.